The molecule has 0 spiro atoms. The zero-order valence-corrected chi connectivity index (χ0v) is 16.6. The summed E-state index contributed by atoms with van der Waals surface area (Å²) in [6, 6.07) is 9.55. The molecular formula is C21H29N3O4. The summed E-state index contributed by atoms with van der Waals surface area (Å²) in [7, 11) is 3.25. The highest BCUT2D eigenvalue weighted by Gasteiger charge is 2.14. The molecule has 28 heavy (non-hydrogen) atoms. The molecule has 0 bridgehead atoms. The van der Waals surface area contributed by atoms with Crippen LogP contribution in [0, 0.1) is 0 Å². The Morgan fingerprint density at radius 1 is 1.18 bits per heavy atom. The second kappa shape index (κ2) is 10.6. The van der Waals surface area contributed by atoms with Gasteiger partial charge in [0, 0.05) is 31.3 Å². The molecule has 1 aliphatic rings. The number of nitrogens with zero attached hydrogens (tertiary/aromatic N) is 1. The number of rotatable bonds is 8. The van der Waals surface area contributed by atoms with Crippen molar-refractivity contribution in [3.05, 3.63) is 42.4 Å². The van der Waals surface area contributed by atoms with Crippen LogP contribution in [0.5, 0.6) is 11.5 Å². The molecule has 7 heteroatoms. The molecule has 1 atom stereocenters. The number of nitrogens with one attached hydrogen (secondary N) is 2. The molecule has 0 radical (unpaired) electrons. The number of aliphatic imine (C=N–C) groups is 1. The fourth-order valence-corrected chi connectivity index (χ4v) is 3.09. The first kappa shape index (κ1) is 20.1. The van der Waals surface area contributed by atoms with Crippen LogP contribution in [0.3, 0.4) is 0 Å². The van der Waals surface area contributed by atoms with Gasteiger partial charge >= 0.3 is 0 Å². The topological polar surface area (TPSA) is 77.2 Å². The van der Waals surface area contributed by atoms with Crippen molar-refractivity contribution in [2.75, 3.05) is 39.2 Å². The van der Waals surface area contributed by atoms with E-state index in [-0.39, 0.29) is 6.10 Å². The smallest absolute Gasteiger partial charge is 0.195 e. The third-order valence-electron chi connectivity index (χ3n) is 4.62. The second-order valence-electron chi connectivity index (χ2n) is 6.63. The Morgan fingerprint density at radius 3 is 2.79 bits per heavy atom. The Morgan fingerprint density at radius 2 is 2.07 bits per heavy atom. The van der Waals surface area contributed by atoms with E-state index in [4.69, 9.17) is 23.6 Å². The minimum absolute atomic E-state index is 0.183. The van der Waals surface area contributed by atoms with Crippen LogP contribution in [0.15, 0.2) is 46.0 Å². The summed E-state index contributed by atoms with van der Waals surface area (Å²) in [5.41, 5.74) is 0.867. The highest BCUT2D eigenvalue weighted by molar-refractivity contribution is 5.94. The van der Waals surface area contributed by atoms with Gasteiger partial charge in [-0.1, -0.05) is 0 Å². The minimum Gasteiger partial charge on any atom is -0.493 e. The van der Waals surface area contributed by atoms with E-state index >= 15 is 0 Å². The molecule has 1 aliphatic heterocycles. The summed E-state index contributed by atoms with van der Waals surface area (Å²) >= 11 is 0. The van der Waals surface area contributed by atoms with Crippen molar-refractivity contribution in [3.63, 3.8) is 0 Å². The number of methoxy groups -OCH3 is 2. The van der Waals surface area contributed by atoms with Crippen LogP contribution >= 0.6 is 0 Å². The molecule has 1 aromatic heterocycles. The van der Waals surface area contributed by atoms with E-state index < -0.39 is 0 Å². The van der Waals surface area contributed by atoms with Gasteiger partial charge in [-0.2, -0.15) is 0 Å². The number of hydrogen-bond acceptors (Lipinski definition) is 5. The molecule has 2 heterocycles. The van der Waals surface area contributed by atoms with Crippen LogP contribution in [0.25, 0.3) is 0 Å². The van der Waals surface area contributed by atoms with Gasteiger partial charge in [-0.25, -0.2) is 0 Å². The third-order valence-corrected chi connectivity index (χ3v) is 4.62. The van der Waals surface area contributed by atoms with E-state index in [2.05, 4.69) is 10.6 Å². The van der Waals surface area contributed by atoms with Crippen molar-refractivity contribution >= 4 is 11.6 Å². The molecular weight excluding hydrogens is 358 g/mol. The van der Waals surface area contributed by atoms with Crippen LogP contribution in [0.4, 0.5) is 5.69 Å². The molecule has 0 amide bonds. The summed E-state index contributed by atoms with van der Waals surface area (Å²) in [6.45, 7) is 2.16. The van der Waals surface area contributed by atoms with Crippen LogP contribution in [0.2, 0.25) is 0 Å². The van der Waals surface area contributed by atoms with Crippen LogP contribution < -0.4 is 20.1 Å². The fourth-order valence-electron chi connectivity index (χ4n) is 3.09. The van der Waals surface area contributed by atoms with Crippen molar-refractivity contribution in [1.82, 2.24) is 5.32 Å². The minimum atomic E-state index is 0.183. The summed E-state index contributed by atoms with van der Waals surface area (Å²) in [4.78, 5) is 4.73. The molecule has 0 saturated carbocycles. The molecule has 3 rings (SSSR count). The lowest BCUT2D eigenvalue weighted by molar-refractivity contribution is 0.0225. The first-order valence-electron chi connectivity index (χ1n) is 9.70. The summed E-state index contributed by atoms with van der Waals surface area (Å²) in [6.07, 6.45) is 6.04. The first-order valence-corrected chi connectivity index (χ1v) is 9.70. The predicted molar refractivity (Wildman–Crippen MR) is 109 cm³/mol. The standard InChI is InChI=1S/C21H29N3O4/c1-25-19-9-8-16(14-20(19)26-2)24-21(22-11-10-17-7-5-13-27-17)23-15-18-6-3-4-12-28-18/h5,7-9,13-14,18H,3-4,6,10-12,15H2,1-2H3,(H2,22,23,24). The van der Waals surface area contributed by atoms with E-state index in [0.717, 1.165) is 37.3 Å². The van der Waals surface area contributed by atoms with Crippen LogP contribution in [-0.2, 0) is 11.2 Å². The van der Waals surface area contributed by atoms with Crippen molar-refractivity contribution in [2.45, 2.75) is 31.8 Å². The number of ether oxygens (including phenoxy) is 3. The van der Waals surface area contributed by atoms with Gasteiger partial charge < -0.3 is 29.3 Å². The number of benzene rings is 1. The number of furan rings is 1. The molecule has 0 aliphatic carbocycles. The lowest BCUT2D eigenvalue weighted by Crippen LogP contribution is -2.34. The van der Waals surface area contributed by atoms with Crippen molar-refractivity contribution in [1.29, 1.82) is 0 Å². The van der Waals surface area contributed by atoms with Crippen molar-refractivity contribution in [2.24, 2.45) is 4.99 Å². The Bertz CT molecular complexity index is 740. The molecule has 7 nitrogen and oxygen atoms in total. The van der Waals surface area contributed by atoms with Gasteiger partial charge in [0.1, 0.15) is 5.76 Å². The quantitative estimate of drug-likeness (QED) is 0.534. The molecule has 2 N–H and O–H groups in total. The van der Waals surface area contributed by atoms with Crippen molar-refractivity contribution in [3.8, 4) is 11.5 Å². The van der Waals surface area contributed by atoms with Gasteiger partial charge in [0.2, 0.25) is 0 Å². The molecule has 1 fully saturated rings. The van der Waals surface area contributed by atoms with Gasteiger partial charge in [-0.05, 0) is 43.5 Å². The predicted octanol–water partition coefficient (Wildman–Crippen LogP) is 3.47. The SMILES string of the molecule is COc1ccc(NC(=NCC2CCCCO2)NCCc2ccco2)cc1OC. The van der Waals surface area contributed by atoms with E-state index in [0.29, 0.717) is 30.5 Å². The van der Waals surface area contributed by atoms with E-state index in [1.54, 1.807) is 20.5 Å². The maximum atomic E-state index is 5.79. The van der Waals surface area contributed by atoms with Gasteiger partial charge in [0.15, 0.2) is 17.5 Å². The molecule has 2 aromatic rings. The lowest BCUT2D eigenvalue weighted by atomic mass is 10.1. The van der Waals surface area contributed by atoms with E-state index in [9.17, 15) is 0 Å². The number of guanidine groups is 1. The lowest BCUT2D eigenvalue weighted by Gasteiger charge is -2.21. The Kier molecular flexibility index (Phi) is 7.61. The Labute approximate surface area is 166 Å². The van der Waals surface area contributed by atoms with Gasteiger partial charge in [-0.15, -0.1) is 0 Å². The largest absolute Gasteiger partial charge is 0.493 e. The zero-order valence-electron chi connectivity index (χ0n) is 16.6. The summed E-state index contributed by atoms with van der Waals surface area (Å²) in [5.74, 6) is 2.99. The monoisotopic (exact) mass is 387 g/mol. The molecule has 1 aromatic carbocycles. The first-order chi connectivity index (χ1) is 13.8. The Balaban J connectivity index is 1.65. The summed E-state index contributed by atoms with van der Waals surface area (Å²) < 4.78 is 21.9. The van der Waals surface area contributed by atoms with Crippen LogP contribution in [0.1, 0.15) is 25.0 Å². The fraction of sp³-hybridized carbons (Fsp3) is 0.476. The molecule has 152 valence electrons. The van der Waals surface area contributed by atoms with Crippen LogP contribution in [-0.4, -0.2) is 46.0 Å². The average molecular weight is 387 g/mol. The third kappa shape index (κ3) is 5.92. The second-order valence-corrected chi connectivity index (χ2v) is 6.63. The highest BCUT2D eigenvalue weighted by atomic mass is 16.5. The van der Waals surface area contributed by atoms with Gasteiger partial charge in [0.25, 0.3) is 0 Å². The van der Waals surface area contributed by atoms with E-state index in [1.807, 2.05) is 30.3 Å². The van der Waals surface area contributed by atoms with Gasteiger partial charge in [0.05, 0.1) is 33.1 Å². The average Bonchev–Trinajstić information content (AvgIpc) is 3.26. The van der Waals surface area contributed by atoms with Gasteiger partial charge in [-0.3, -0.25) is 4.99 Å². The normalized spacial score (nSPS) is 17.2. The number of hydrogen-bond donors (Lipinski definition) is 2. The van der Waals surface area contributed by atoms with Crippen molar-refractivity contribution < 1.29 is 18.6 Å². The molecule has 1 unspecified atom stereocenters. The number of anilines is 1. The summed E-state index contributed by atoms with van der Waals surface area (Å²) in [5, 5.41) is 6.71. The van der Waals surface area contributed by atoms with E-state index in [1.165, 1.54) is 6.42 Å². The maximum Gasteiger partial charge on any atom is 0.195 e. The maximum absolute atomic E-state index is 5.79. The Hall–Kier alpha value is -2.67. The zero-order chi connectivity index (χ0) is 19.6. The highest BCUT2D eigenvalue weighted by Crippen LogP contribution is 2.29. The molecule has 1 saturated heterocycles.